The van der Waals surface area contributed by atoms with Crippen molar-refractivity contribution >= 4 is 46.7 Å². The molecule has 2 amide bonds. The van der Waals surface area contributed by atoms with Crippen LogP contribution >= 0.6 is 23.2 Å². The summed E-state index contributed by atoms with van der Waals surface area (Å²) < 4.78 is 4.89. The zero-order chi connectivity index (χ0) is 19.8. The Balaban J connectivity index is 1.78. The fourth-order valence-electron chi connectivity index (χ4n) is 2.26. The summed E-state index contributed by atoms with van der Waals surface area (Å²) in [6, 6.07) is 11.6. The number of rotatable bonds is 7. The standard InChI is InChI=1S/C19H18Cl2N2O4/c1-2-12-5-3-4-6-16(12)23-17(24)10-22-18(25)11-27-19(26)13-7-14(20)9-15(21)8-13/h3-9H,2,10-11H2,1H3,(H,22,25)(H,23,24). The minimum Gasteiger partial charge on any atom is -0.452 e. The molecule has 2 rings (SSSR count). The molecule has 0 spiro atoms. The number of hydrogen-bond donors (Lipinski definition) is 2. The molecular formula is C19H18Cl2N2O4. The molecule has 0 aromatic heterocycles. The Kier molecular flexibility index (Phi) is 7.64. The number of para-hydroxylation sites is 1. The molecule has 0 saturated heterocycles. The lowest BCUT2D eigenvalue weighted by Gasteiger charge is -2.10. The minimum atomic E-state index is -0.740. The lowest BCUT2D eigenvalue weighted by atomic mass is 10.1. The van der Waals surface area contributed by atoms with Crippen LogP contribution in [0.3, 0.4) is 0 Å². The largest absolute Gasteiger partial charge is 0.452 e. The number of esters is 1. The van der Waals surface area contributed by atoms with Gasteiger partial charge in [0.25, 0.3) is 5.91 Å². The summed E-state index contributed by atoms with van der Waals surface area (Å²) in [5.74, 6) is -1.72. The SMILES string of the molecule is CCc1ccccc1NC(=O)CNC(=O)COC(=O)c1cc(Cl)cc(Cl)c1. The van der Waals surface area contributed by atoms with Gasteiger partial charge in [-0.3, -0.25) is 9.59 Å². The Morgan fingerprint density at radius 2 is 1.67 bits per heavy atom. The zero-order valence-electron chi connectivity index (χ0n) is 14.6. The smallest absolute Gasteiger partial charge is 0.338 e. The van der Waals surface area contributed by atoms with E-state index in [1.165, 1.54) is 18.2 Å². The number of carbonyl (C=O) groups is 3. The number of anilines is 1. The number of carbonyl (C=O) groups excluding carboxylic acids is 3. The van der Waals surface area contributed by atoms with Crippen molar-refractivity contribution in [2.45, 2.75) is 13.3 Å². The van der Waals surface area contributed by atoms with E-state index in [1.54, 1.807) is 6.07 Å². The van der Waals surface area contributed by atoms with Crippen molar-refractivity contribution in [1.82, 2.24) is 5.32 Å². The number of amides is 2. The lowest BCUT2D eigenvalue weighted by Crippen LogP contribution is -2.35. The minimum absolute atomic E-state index is 0.134. The van der Waals surface area contributed by atoms with Crippen LogP contribution in [0.1, 0.15) is 22.8 Å². The third kappa shape index (κ3) is 6.58. The lowest BCUT2D eigenvalue weighted by molar-refractivity contribution is -0.126. The molecule has 0 aliphatic carbocycles. The molecule has 0 unspecified atom stereocenters. The molecule has 0 bridgehead atoms. The fraction of sp³-hybridized carbons (Fsp3) is 0.211. The third-order valence-corrected chi connectivity index (χ3v) is 3.99. The van der Waals surface area contributed by atoms with E-state index in [0.717, 1.165) is 12.0 Å². The molecule has 8 heteroatoms. The fourth-order valence-corrected chi connectivity index (χ4v) is 2.79. The van der Waals surface area contributed by atoms with E-state index in [4.69, 9.17) is 27.9 Å². The molecule has 0 atom stereocenters. The van der Waals surface area contributed by atoms with Gasteiger partial charge in [-0.25, -0.2) is 4.79 Å². The Labute approximate surface area is 166 Å². The van der Waals surface area contributed by atoms with Gasteiger partial charge in [0.2, 0.25) is 5.91 Å². The predicted octanol–water partition coefficient (Wildman–Crippen LogP) is 3.47. The maximum Gasteiger partial charge on any atom is 0.338 e. The zero-order valence-corrected chi connectivity index (χ0v) is 16.1. The van der Waals surface area contributed by atoms with Gasteiger partial charge in [0.1, 0.15) is 0 Å². The molecule has 0 heterocycles. The molecule has 6 nitrogen and oxygen atoms in total. The van der Waals surface area contributed by atoms with Crippen LogP contribution in [0.25, 0.3) is 0 Å². The van der Waals surface area contributed by atoms with Crippen LogP contribution in [0, 0.1) is 0 Å². The van der Waals surface area contributed by atoms with Gasteiger partial charge in [0.15, 0.2) is 6.61 Å². The molecule has 2 aromatic rings. The maximum absolute atomic E-state index is 12.0. The Hall–Kier alpha value is -2.57. The predicted molar refractivity (Wildman–Crippen MR) is 104 cm³/mol. The van der Waals surface area contributed by atoms with Crippen molar-refractivity contribution in [1.29, 1.82) is 0 Å². The number of halogens is 2. The number of benzene rings is 2. The second kappa shape index (κ2) is 9.94. The van der Waals surface area contributed by atoms with Crippen LogP contribution in [0.4, 0.5) is 5.69 Å². The second-order valence-electron chi connectivity index (χ2n) is 5.57. The molecule has 0 fully saturated rings. The van der Waals surface area contributed by atoms with E-state index in [1.807, 2.05) is 25.1 Å². The highest BCUT2D eigenvalue weighted by molar-refractivity contribution is 6.35. The van der Waals surface area contributed by atoms with Crippen molar-refractivity contribution in [2.75, 3.05) is 18.5 Å². The third-order valence-electron chi connectivity index (χ3n) is 3.55. The highest BCUT2D eigenvalue weighted by atomic mass is 35.5. The van der Waals surface area contributed by atoms with Crippen molar-refractivity contribution in [2.24, 2.45) is 0 Å². The summed E-state index contributed by atoms with van der Waals surface area (Å²) >= 11 is 11.6. The molecule has 0 radical (unpaired) electrons. The van der Waals surface area contributed by atoms with Crippen LogP contribution in [0.5, 0.6) is 0 Å². The van der Waals surface area contributed by atoms with Gasteiger partial charge in [-0.1, -0.05) is 48.3 Å². The number of hydrogen-bond acceptors (Lipinski definition) is 4. The number of ether oxygens (including phenoxy) is 1. The summed E-state index contributed by atoms with van der Waals surface area (Å²) in [6.07, 6.45) is 0.770. The Bertz CT molecular complexity index is 835. The van der Waals surface area contributed by atoms with Crippen LogP contribution in [0.2, 0.25) is 10.0 Å². The first-order chi connectivity index (χ1) is 12.9. The Morgan fingerprint density at radius 1 is 1.00 bits per heavy atom. The first-order valence-electron chi connectivity index (χ1n) is 8.16. The van der Waals surface area contributed by atoms with Gasteiger partial charge in [-0.2, -0.15) is 0 Å². The summed E-state index contributed by atoms with van der Waals surface area (Å²) in [5.41, 5.74) is 1.82. The van der Waals surface area contributed by atoms with Crippen molar-refractivity contribution in [3.05, 3.63) is 63.6 Å². The quantitative estimate of drug-likeness (QED) is 0.686. The molecule has 2 N–H and O–H groups in total. The highest BCUT2D eigenvalue weighted by Crippen LogP contribution is 2.19. The molecular weight excluding hydrogens is 391 g/mol. The molecule has 0 aliphatic rings. The topological polar surface area (TPSA) is 84.5 Å². The number of aryl methyl sites for hydroxylation is 1. The van der Waals surface area contributed by atoms with Crippen LogP contribution in [-0.4, -0.2) is 30.9 Å². The van der Waals surface area contributed by atoms with Gasteiger partial charge in [-0.15, -0.1) is 0 Å². The maximum atomic E-state index is 12.0. The van der Waals surface area contributed by atoms with Crippen molar-refractivity contribution in [3.63, 3.8) is 0 Å². The van der Waals surface area contributed by atoms with E-state index in [-0.39, 0.29) is 28.1 Å². The van der Waals surface area contributed by atoms with E-state index < -0.39 is 18.5 Å². The van der Waals surface area contributed by atoms with Crippen molar-refractivity contribution < 1.29 is 19.1 Å². The second-order valence-corrected chi connectivity index (χ2v) is 6.44. The van der Waals surface area contributed by atoms with Crippen molar-refractivity contribution in [3.8, 4) is 0 Å². The first kappa shape index (κ1) is 20.7. The van der Waals surface area contributed by atoms with E-state index in [0.29, 0.717) is 5.69 Å². The van der Waals surface area contributed by atoms with Gasteiger partial charge in [0.05, 0.1) is 12.1 Å². The summed E-state index contributed by atoms with van der Waals surface area (Å²) in [6.45, 7) is 1.22. The van der Waals surface area contributed by atoms with Crippen LogP contribution in [-0.2, 0) is 20.7 Å². The van der Waals surface area contributed by atoms with Gasteiger partial charge in [-0.05, 0) is 36.2 Å². The van der Waals surface area contributed by atoms with Gasteiger partial charge >= 0.3 is 5.97 Å². The average Bonchev–Trinajstić information content (AvgIpc) is 2.64. The van der Waals surface area contributed by atoms with E-state index in [9.17, 15) is 14.4 Å². The molecule has 2 aromatic carbocycles. The van der Waals surface area contributed by atoms with Gasteiger partial charge in [0, 0.05) is 15.7 Å². The van der Waals surface area contributed by atoms with E-state index in [2.05, 4.69) is 10.6 Å². The average molecular weight is 409 g/mol. The monoisotopic (exact) mass is 408 g/mol. The Morgan fingerprint density at radius 3 is 2.33 bits per heavy atom. The first-order valence-corrected chi connectivity index (χ1v) is 8.92. The number of nitrogens with one attached hydrogen (secondary N) is 2. The summed E-state index contributed by atoms with van der Waals surface area (Å²) in [4.78, 5) is 35.6. The summed E-state index contributed by atoms with van der Waals surface area (Å²) in [7, 11) is 0. The normalized spacial score (nSPS) is 10.2. The molecule has 142 valence electrons. The molecule has 27 heavy (non-hydrogen) atoms. The van der Waals surface area contributed by atoms with E-state index >= 15 is 0 Å². The van der Waals surface area contributed by atoms with Gasteiger partial charge < -0.3 is 15.4 Å². The highest BCUT2D eigenvalue weighted by Gasteiger charge is 2.13. The molecule has 0 saturated carbocycles. The summed E-state index contributed by atoms with van der Waals surface area (Å²) in [5, 5.41) is 5.68. The molecule has 0 aliphatic heterocycles. The van der Waals surface area contributed by atoms with Crippen LogP contribution in [0.15, 0.2) is 42.5 Å². The van der Waals surface area contributed by atoms with Crippen LogP contribution < -0.4 is 10.6 Å².